The summed E-state index contributed by atoms with van der Waals surface area (Å²) in [5.74, 6) is -1.24. The van der Waals surface area contributed by atoms with Gasteiger partial charge in [-0.15, -0.1) is 0 Å². The predicted octanol–water partition coefficient (Wildman–Crippen LogP) is 5.18. The van der Waals surface area contributed by atoms with Crippen molar-refractivity contribution < 1.29 is 45.1 Å². The highest BCUT2D eigenvalue weighted by molar-refractivity contribution is 5.79. The molecule has 2 aromatic carbocycles. The van der Waals surface area contributed by atoms with E-state index in [1.165, 1.54) is 7.11 Å². The topological polar surface area (TPSA) is 43.4 Å². The molecule has 0 saturated carbocycles. The zero-order valence-corrected chi connectivity index (χ0v) is 13.5. The van der Waals surface area contributed by atoms with E-state index < -0.39 is 29.3 Å². The minimum Gasteiger partial charge on any atom is -0.496 e. The Kier molecular flexibility index (Phi) is 7.09. The van der Waals surface area contributed by atoms with Gasteiger partial charge in [0.1, 0.15) is 11.6 Å². The Hall–Kier alpha value is -2.91. The van der Waals surface area contributed by atoms with Crippen LogP contribution in [0.1, 0.15) is 31.8 Å². The van der Waals surface area contributed by atoms with Crippen LogP contribution in [-0.2, 0) is 12.4 Å². The minimum absolute atomic E-state index is 0.0742. The van der Waals surface area contributed by atoms with Gasteiger partial charge in [-0.3, -0.25) is 9.59 Å². The monoisotopic (exact) mass is 396 g/mol. The summed E-state index contributed by atoms with van der Waals surface area (Å²) >= 11 is 0. The molecule has 0 radical (unpaired) electrons. The number of carbonyl (C=O) groups is 2. The van der Waals surface area contributed by atoms with Gasteiger partial charge in [0.15, 0.2) is 12.6 Å². The Labute approximate surface area is 148 Å². The fourth-order valence-corrected chi connectivity index (χ4v) is 1.78. The molecule has 0 aliphatic carbocycles. The highest BCUT2D eigenvalue weighted by Gasteiger charge is 2.31. The Morgan fingerprint density at radius 2 is 1.22 bits per heavy atom. The summed E-state index contributed by atoms with van der Waals surface area (Å²) in [6.45, 7) is 0. The standard InChI is InChI=1S/C9H7F3O2.C8H4F4O/c1-14-8-4-7(9(10,11)12)3-2-6(8)5-13;9-7-3-6(8(10,11)12)2-1-5(7)4-13/h2-5H,1H3;1-4H. The zero-order valence-electron chi connectivity index (χ0n) is 13.5. The molecule has 0 spiro atoms. The maximum atomic E-state index is 12.6. The molecule has 0 saturated heterocycles. The number of halogens is 7. The molecule has 0 aliphatic heterocycles. The van der Waals surface area contributed by atoms with Gasteiger partial charge in [0.25, 0.3) is 0 Å². The molecular weight excluding hydrogens is 385 g/mol. The minimum atomic E-state index is -4.58. The van der Waals surface area contributed by atoms with Crippen molar-refractivity contribution in [2.45, 2.75) is 12.4 Å². The van der Waals surface area contributed by atoms with Crippen molar-refractivity contribution in [2.24, 2.45) is 0 Å². The van der Waals surface area contributed by atoms with E-state index in [9.17, 15) is 40.3 Å². The average molecular weight is 396 g/mol. The molecule has 2 rings (SSSR count). The molecular formula is C17H11F7O3. The summed E-state index contributed by atoms with van der Waals surface area (Å²) in [6.07, 6.45) is -8.40. The molecule has 0 heterocycles. The largest absolute Gasteiger partial charge is 0.496 e. The zero-order chi connectivity index (χ0) is 20.8. The summed E-state index contributed by atoms with van der Waals surface area (Å²) < 4.78 is 89.7. The van der Waals surface area contributed by atoms with Crippen LogP contribution < -0.4 is 4.74 Å². The Bertz CT molecular complexity index is 811. The number of rotatable bonds is 3. The molecule has 0 atom stereocenters. The number of alkyl halides is 6. The number of hydrogen-bond acceptors (Lipinski definition) is 3. The van der Waals surface area contributed by atoms with Crippen LogP contribution >= 0.6 is 0 Å². The van der Waals surface area contributed by atoms with E-state index in [0.717, 1.165) is 24.3 Å². The molecule has 0 amide bonds. The van der Waals surface area contributed by atoms with E-state index in [0.29, 0.717) is 18.4 Å². The maximum Gasteiger partial charge on any atom is 0.416 e. The SMILES string of the molecule is COc1cc(C(F)(F)F)ccc1C=O.O=Cc1ccc(C(F)(F)F)cc1F. The van der Waals surface area contributed by atoms with Crippen molar-refractivity contribution >= 4 is 12.6 Å². The van der Waals surface area contributed by atoms with E-state index in [2.05, 4.69) is 4.74 Å². The van der Waals surface area contributed by atoms with Crippen LogP contribution in [0.3, 0.4) is 0 Å². The van der Waals surface area contributed by atoms with Gasteiger partial charge in [0, 0.05) is 0 Å². The number of hydrogen-bond donors (Lipinski definition) is 0. The second kappa shape index (κ2) is 8.65. The molecule has 0 unspecified atom stereocenters. The average Bonchev–Trinajstić information content (AvgIpc) is 2.60. The second-order valence-corrected chi connectivity index (χ2v) is 4.92. The van der Waals surface area contributed by atoms with E-state index in [-0.39, 0.29) is 23.2 Å². The van der Waals surface area contributed by atoms with E-state index in [1.807, 2.05) is 0 Å². The van der Waals surface area contributed by atoms with Crippen molar-refractivity contribution in [3.63, 3.8) is 0 Å². The summed E-state index contributed by atoms with van der Waals surface area (Å²) in [5, 5.41) is 0. The first kappa shape index (κ1) is 22.1. The van der Waals surface area contributed by atoms with Crippen LogP contribution in [0.25, 0.3) is 0 Å². The summed E-state index contributed by atoms with van der Waals surface area (Å²) in [5.41, 5.74) is -2.22. The van der Waals surface area contributed by atoms with Crippen LogP contribution in [0, 0.1) is 5.82 Å². The van der Waals surface area contributed by atoms with Crippen LogP contribution in [0.5, 0.6) is 5.75 Å². The van der Waals surface area contributed by atoms with Gasteiger partial charge in [0.2, 0.25) is 0 Å². The Morgan fingerprint density at radius 3 is 1.59 bits per heavy atom. The smallest absolute Gasteiger partial charge is 0.416 e. The molecule has 10 heteroatoms. The van der Waals surface area contributed by atoms with Gasteiger partial charge in [-0.1, -0.05) is 0 Å². The number of ether oxygens (including phenoxy) is 1. The molecule has 0 aliphatic rings. The quantitative estimate of drug-likeness (QED) is 0.530. The van der Waals surface area contributed by atoms with Crippen molar-refractivity contribution in [1.82, 2.24) is 0 Å². The van der Waals surface area contributed by atoms with E-state index in [1.54, 1.807) is 0 Å². The van der Waals surface area contributed by atoms with Crippen molar-refractivity contribution in [1.29, 1.82) is 0 Å². The second-order valence-electron chi connectivity index (χ2n) is 4.92. The molecule has 27 heavy (non-hydrogen) atoms. The number of aldehydes is 2. The van der Waals surface area contributed by atoms with Crippen molar-refractivity contribution in [3.05, 3.63) is 64.5 Å². The highest BCUT2D eigenvalue weighted by atomic mass is 19.4. The van der Waals surface area contributed by atoms with Gasteiger partial charge in [-0.2, -0.15) is 26.3 Å². The molecule has 0 bridgehead atoms. The van der Waals surface area contributed by atoms with Gasteiger partial charge in [0.05, 0.1) is 29.4 Å². The molecule has 0 fully saturated rings. The third-order valence-electron chi connectivity index (χ3n) is 3.14. The molecule has 0 N–H and O–H groups in total. The normalized spacial score (nSPS) is 11.3. The van der Waals surface area contributed by atoms with Crippen molar-refractivity contribution in [3.8, 4) is 5.75 Å². The van der Waals surface area contributed by atoms with Gasteiger partial charge in [-0.25, -0.2) is 4.39 Å². The van der Waals surface area contributed by atoms with Gasteiger partial charge < -0.3 is 4.74 Å². The lowest BCUT2D eigenvalue weighted by molar-refractivity contribution is -0.138. The summed E-state index contributed by atoms with van der Waals surface area (Å²) in [4.78, 5) is 20.5. The molecule has 0 aromatic heterocycles. The summed E-state index contributed by atoms with van der Waals surface area (Å²) in [7, 11) is 1.21. The predicted molar refractivity (Wildman–Crippen MR) is 80.2 cm³/mol. The number of methoxy groups -OCH3 is 1. The molecule has 2 aromatic rings. The first-order valence-electron chi connectivity index (χ1n) is 6.96. The third-order valence-corrected chi connectivity index (χ3v) is 3.14. The van der Waals surface area contributed by atoms with Crippen molar-refractivity contribution in [2.75, 3.05) is 7.11 Å². The fraction of sp³-hybridized carbons (Fsp3) is 0.176. The molecule has 146 valence electrons. The van der Waals surface area contributed by atoms with Crippen LogP contribution in [0.15, 0.2) is 36.4 Å². The lowest BCUT2D eigenvalue weighted by Gasteiger charge is -2.09. The van der Waals surface area contributed by atoms with Crippen LogP contribution in [0.4, 0.5) is 30.7 Å². The lowest BCUT2D eigenvalue weighted by atomic mass is 10.1. The number of benzene rings is 2. The first-order valence-corrected chi connectivity index (χ1v) is 6.96. The highest BCUT2D eigenvalue weighted by Crippen LogP contribution is 2.32. The van der Waals surface area contributed by atoms with E-state index >= 15 is 0 Å². The lowest BCUT2D eigenvalue weighted by Crippen LogP contribution is -2.05. The number of carbonyl (C=O) groups excluding carboxylic acids is 2. The van der Waals surface area contributed by atoms with Crippen LogP contribution in [0.2, 0.25) is 0 Å². The third kappa shape index (κ3) is 6.08. The van der Waals surface area contributed by atoms with E-state index in [4.69, 9.17) is 0 Å². The van der Waals surface area contributed by atoms with Gasteiger partial charge in [-0.05, 0) is 36.4 Å². The molecule has 3 nitrogen and oxygen atoms in total. The summed E-state index contributed by atoms with van der Waals surface area (Å²) in [6, 6.07) is 4.46. The Morgan fingerprint density at radius 1 is 0.778 bits per heavy atom. The fourth-order valence-electron chi connectivity index (χ4n) is 1.78. The first-order chi connectivity index (χ1) is 12.4. The Balaban J connectivity index is 0.000000271. The maximum absolute atomic E-state index is 12.6. The van der Waals surface area contributed by atoms with Crippen LogP contribution in [-0.4, -0.2) is 19.7 Å². The van der Waals surface area contributed by atoms with Gasteiger partial charge >= 0.3 is 12.4 Å².